The van der Waals surface area contributed by atoms with Gasteiger partial charge in [-0.05, 0) is 53.4 Å². The van der Waals surface area contributed by atoms with Gasteiger partial charge in [0.15, 0.2) is 0 Å². The minimum absolute atomic E-state index is 0.276. The third-order valence-electron chi connectivity index (χ3n) is 3.26. The van der Waals surface area contributed by atoms with E-state index in [2.05, 4.69) is 15.9 Å². The molecule has 0 bridgehead atoms. The average Bonchev–Trinajstić information content (AvgIpc) is 2.83. The van der Waals surface area contributed by atoms with Crippen molar-refractivity contribution in [2.24, 2.45) is 0 Å². The zero-order valence-electron chi connectivity index (χ0n) is 10.3. The highest BCUT2D eigenvalue weighted by Gasteiger charge is 2.34. The fourth-order valence-electron chi connectivity index (χ4n) is 2.28. The first-order valence-corrected chi connectivity index (χ1v) is 7.08. The van der Waals surface area contributed by atoms with Crippen LogP contribution in [0, 0.1) is 6.92 Å². The predicted molar refractivity (Wildman–Crippen MR) is 75.6 cm³/mol. The number of benzene rings is 1. The van der Waals surface area contributed by atoms with Gasteiger partial charge in [0.1, 0.15) is 6.04 Å². The standard InChI is InChI=1S/C13H13BrClNO3/c1-7-5-8(6-9(15)11(7)14)12(17)16-4-2-3-10(16)13(18)19/h5-6,10H,2-4H2,1H3,(H,18,19)/t10-/m1/s1. The lowest BCUT2D eigenvalue weighted by atomic mass is 10.1. The monoisotopic (exact) mass is 345 g/mol. The number of hydrogen-bond donors (Lipinski definition) is 1. The van der Waals surface area contributed by atoms with E-state index in [1.54, 1.807) is 12.1 Å². The van der Waals surface area contributed by atoms with Crippen LogP contribution < -0.4 is 0 Å². The molecule has 0 radical (unpaired) electrons. The lowest BCUT2D eigenvalue weighted by Gasteiger charge is -2.22. The van der Waals surface area contributed by atoms with Crippen LogP contribution in [0.5, 0.6) is 0 Å². The van der Waals surface area contributed by atoms with Crippen molar-refractivity contribution in [2.75, 3.05) is 6.54 Å². The molecular weight excluding hydrogens is 334 g/mol. The number of nitrogens with zero attached hydrogens (tertiary/aromatic N) is 1. The molecular formula is C13H13BrClNO3. The number of carboxylic acids is 1. The Labute approximate surface area is 124 Å². The van der Waals surface area contributed by atoms with Crippen LogP contribution in [0.3, 0.4) is 0 Å². The summed E-state index contributed by atoms with van der Waals surface area (Å²) < 4.78 is 0.752. The molecule has 0 spiro atoms. The fraction of sp³-hybridized carbons (Fsp3) is 0.385. The van der Waals surface area contributed by atoms with Crippen molar-refractivity contribution >= 4 is 39.4 Å². The van der Waals surface area contributed by atoms with Crippen LogP contribution in [0.4, 0.5) is 0 Å². The van der Waals surface area contributed by atoms with Gasteiger partial charge in [0.25, 0.3) is 5.91 Å². The number of amides is 1. The molecule has 0 unspecified atom stereocenters. The number of likely N-dealkylation sites (tertiary alicyclic amines) is 1. The number of carboxylic acid groups (broad SMARTS) is 1. The van der Waals surface area contributed by atoms with E-state index in [0.29, 0.717) is 30.0 Å². The van der Waals surface area contributed by atoms with E-state index in [4.69, 9.17) is 16.7 Å². The summed E-state index contributed by atoms with van der Waals surface area (Å²) in [5.74, 6) is -1.23. The molecule has 1 N–H and O–H groups in total. The molecule has 1 atom stereocenters. The van der Waals surface area contributed by atoms with Gasteiger partial charge in [0.05, 0.1) is 5.02 Å². The molecule has 1 amide bonds. The predicted octanol–water partition coefficient (Wildman–Crippen LogP) is 3.10. The Kier molecular flexibility index (Phi) is 4.16. The molecule has 1 heterocycles. The van der Waals surface area contributed by atoms with Gasteiger partial charge >= 0.3 is 5.97 Å². The van der Waals surface area contributed by atoms with Crippen LogP contribution >= 0.6 is 27.5 Å². The maximum absolute atomic E-state index is 12.4. The van der Waals surface area contributed by atoms with Gasteiger partial charge in [-0.3, -0.25) is 4.79 Å². The molecule has 102 valence electrons. The maximum Gasteiger partial charge on any atom is 0.326 e. The molecule has 19 heavy (non-hydrogen) atoms. The number of aliphatic carboxylic acids is 1. The van der Waals surface area contributed by atoms with Gasteiger partial charge in [0, 0.05) is 16.6 Å². The summed E-state index contributed by atoms with van der Waals surface area (Å²) in [4.78, 5) is 24.9. The van der Waals surface area contributed by atoms with Gasteiger partial charge in [-0.25, -0.2) is 4.79 Å². The van der Waals surface area contributed by atoms with E-state index in [1.165, 1.54) is 4.90 Å². The van der Waals surface area contributed by atoms with Crippen molar-refractivity contribution in [1.29, 1.82) is 0 Å². The van der Waals surface area contributed by atoms with E-state index < -0.39 is 12.0 Å². The zero-order valence-corrected chi connectivity index (χ0v) is 12.7. The molecule has 0 aromatic heterocycles. The molecule has 1 aromatic carbocycles. The fourth-order valence-corrected chi connectivity index (χ4v) is 2.78. The number of hydrogen-bond acceptors (Lipinski definition) is 2. The molecule has 1 aliphatic rings. The maximum atomic E-state index is 12.4. The van der Waals surface area contributed by atoms with Crippen LogP contribution in [0.25, 0.3) is 0 Å². The van der Waals surface area contributed by atoms with Crippen molar-refractivity contribution in [2.45, 2.75) is 25.8 Å². The summed E-state index contributed by atoms with van der Waals surface area (Å²) in [7, 11) is 0. The summed E-state index contributed by atoms with van der Waals surface area (Å²) in [6.07, 6.45) is 1.22. The Morgan fingerprint density at radius 2 is 2.16 bits per heavy atom. The Morgan fingerprint density at radius 1 is 1.47 bits per heavy atom. The number of rotatable bonds is 2. The molecule has 0 saturated carbocycles. The van der Waals surface area contributed by atoms with Gasteiger partial charge < -0.3 is 10.0 Å². The number of aryl methyl sites for hydroxylation is 1. The van der Waals surface area contributed by atoms with Crippen LogP contribution in [0.2, 0.25) is 5.02 Å². The quantitative estimate of drug-likeness (QED) is 0.895. The first kappa shape index (κ1) is 14.3. The van der Waals surface area contributed by atoms with Crippen molar-refractivity contribution in [3.63, 3.8) is 0 Å². The van der Waals surface area contributed by atoms with Crippen LogP contribution in [-0.4, -0.2) is 34.5 Å². The Balaban J connectivity index is 2.32. The topological polar surface area (TPSA) is 57.6 Å². The minimum Gasteiger partial charge on any atom is -0.480 e. The molecule has 2 rings (SSSR count). The van der Waals surface area contributed by atoms with Gasteiger partial charge in [0.2, 0.25) is 0 Å². The Morgan fingerprint density at radius 3 is 2.74 bits per heavy atom. The largest absolute Gasteiger partial charge is 0.480 e. The summed E-state index contributed by atoms with van der Waals surface area (Å²) in [6.45, 7) is 2.31. The molecule has 4 nitrogen and oxygen atoms in total. The lowest BCUT2D eigenvalue weighted by Crippen LogP contribution is -2.40. The molecule has 6 heteroatoms. The summed E-state index contributed by atoms with van der Waals surface area (Å²) in [6, 6.07) is 2.56. The molecule has 1 fully saturated rings. The second-order valence-corrected chi connectivity index (χ2v) is 5.78. The second-order valence-electron chi connectivity index (χ2n) is 4.58. The van der Waals surface area contributed by atoms with Crippen molar-refractivity contribution in [3.8, 4) is 0 Å². The van der Waals surface area contributed by atoms with E-state index in [0.717, 1.165) is 10.0 Å². The highest BCUT2D eigenvalue weighted by atomic mass is 79.9. The third kappa shape index (κ3) is 2.77. The van der Waals surface area contributed by atoms with Crippen molar-refractivity contribution < 1.29 is 14.7 Å². The minimum atomic E-state index is -0.953. The molecule has 1 saturated heterocycles. The van der Waals surface area contributed by atoms with Gasteiger partial charge in [-0.2, -0.15) is 0 Å². The van der Waals surface area contributed by atoms with E-state index in [1.807, 2.05) is 6.92 Å². The van der Waals surface area contributed by atoms with Gasteiger partial charge in [-0.1, -0.05) is 11.6 Å². The Hall–Kier alpha value is -1.07. The number of carbonyl (C=O) groups excluding carboxylic acids is 1. The smallest absolute Gasteiger partial charge is 0.326 e. The average molecular weight is 347 g/mol. The SMILES string of the molecule is Cc1cc(C(=O)N2CCC[C@@H]2C(=O)O)cc(Cl)c1Br. The Bertz CT molecular complexity index is 524. The zero-order chi connectivity index (χ0) is 14.2. The normalized spacial score (nSPS) is 18.7. The highest BCUT2D eigenvalue weighted by molar-refractivity contribution is 9.10. The molecule has 0 aliphatic carbocycles. The molecule has 1 aliphatic heterocycles. The second kappa shape index (κ2) is 5.51. The van der Waals surface area contributed by atoms with E-state index in [-0.39, 0.29) is 5.91 Å². The first-order chi connectivity index (χ1) is 8.91. The van der Waals surface area contributed by atoms with Gasteiger partial charge in [-0.15, -0.1) is 0 Å². The van der Waals surface area contributed by atoms with Crippen molar-refractivity contribution in [3.05, 3.63) is 32.8 Å². The first-order valence-electron chi connectivity index (χ1n) is 5.91. The third-order valence-corrected chi connectivity index (χ3v) is 4.83. The lowest BCUT2D eigenvalue weighted by molar-refractivity contribution is -0.141. The summed E-state index contributed by atoms with van der Waals surface area (Å²) >= 11 is 9.36. The summed E-state index contributed by atoms with van der Waals surface area (Å²) in [5.41, 5.74) is 1.28. The summed E-state index contributed by atoms with van der Waals surface area (Å²) in [5, 5.41) is 9.56. The van der Waals surface area contributed by atoms with Crippen molar-refractivity contribution in [1.82, 2.24) is 4.90 Å². The number of halogens is 2. The van der Waals surface area contributed by atoms with Crippen LogP contribution in [0.15, 0.2) is 16.6 Å². The molecule has 1 aromatic rings. The van der Waals surface area contributed by atoms with E-state index >= 15 is 0 Å². The van der Waals surface area contributed by atoms with Crippen LogP contribution in [0.1, 0.15) is 28.8 Å². The number of carbonyl (C=O) groups is 2. The highest BCUT2D eigenvalue weighted by Crippen LogP contribution is 2.29. The van der Waals surface area contributed by atoms with Crippen LogP contribution in [-0.2, 0) is 4.79 Å². The van der Waals surface area contributed by atoms with E-state index in [9.17, 15) is 9.59 Å².